The Labute approximate surface area is 59.6 Å². The minimum atomic E-state index is -0.589. The van der Waals surface area contributed by atoms with Gasteiger partial charge in [-0.25, -0.2) is 0 Å². The van der Waals surface area contributed by atoms with Crippen LogP contribution >= 0.6 is 0 Å². The van der Waals surface area contributed by atoms with E-state index in [1.807, 2.05) is 0 Å². The Morgan fingerprint density at radius 2 is 2.00 bits per heavy atom. The van der Waals surface area contributed by atoms with Gasteiger partial charge >= 0.3 is 0 Å². The van der Waals surface area contributed by atoms with Crippen molar-refractivity contribution in [1.29, 1.82) is 0 Å². The number of aliphatic hydroxyl groups is 3. The third-order valence-corrected chi connectivity index (χ3v) is 1.79. The molecule has 0 saturated heterocycles. The van der Waals surface area contributed by atoms with Gasteiger partial charge in [-0.1, -0.05) is 12.2 Å². The van der Waals surface area contributed by atoms with Crippen LogP contribution in [-0.2, 0) is 0 Å². The van der Waals surface area contributed by atoms with E-state index < -0.39 is 12.2 Å². The minimum absolute atomic E-state index is 0.0669. The summed E-state index contributed by atoms with van der Waals surface area (Å²) in [6, 6.07) is 0. The second-order valence-electron chi connectivity index (χ2n) is 2.62. The van der Waals surface area contributed by atoms with Crippen LogP contribution in [0, 0.1) is 5.92 Å². The Kier molecular flexibility index (Phi) is 2.43. The van der Waals surface area contributed by atoms with Crippen molar-refractivity contribution in [3.05, 3.63) is 12.2 Å². The van der Waals surface area contributed by atoms with Crippen LogP contribution in [0.5, 0.6) is 0 Å². The fourth-order valence-corrected chi connectivity index (χ4v) is 1.11. The monoisotopic (exact) mass is 144 g/mol. The van der Waals surface area contributed by atoms with Crippen LogP contribution in [0.4, 0.5) is 0 Å². The van der Waals surface area contributed by atoms with E-state index in [9.17, 15) is 0 Å². The molecule has 0 aromatic carbocycles. The fraction of sp³-hybridized carbons (Fsp3) is 0.714. The van der Waals surface area contributed by atoms with Crippen molar-refractivity contribution in [3.63, 3.8) is 0 Å². The van der Waals surface area contributed by atoms with Crippen molar-refractivity contribution in [2.45, 2.75) is 18.6 Å². The molecular weight excluding hydrogens is 132 g/mol. The highest BCUT2D eigenvalue weighted by molar-refractivity contribution is 5.02. The molecule has 0 aliphatic heterocycles. The highest BCUT2D eigenvalue weighted by Gasteiger charge is 2.22. The highest BCUT2D eigenvalue weighted by Crippen LogP contribution is 2.18. The highest BCUT2D eigenvalue weighted by atomic mass is 16.3. The van der Waals surface area contributed by atoms with Crippen LogP contribution in [-0.4, -0.2) is 34.1 Å². The Balaban J connectivity index is 2.53. The average molecular weight is 144 g/mol. The SMILES string of the molecule is OC[C@H]1C[C@H](O)C=C[C@@H]1O. The molecule has 0 aromatic heterocycles. The first kappa shape index (κ1) is 7.72. The summed E-state index contributed by atoms with van der Waals surface area (Å²) < 4.78 is 0. The lowest BCUT2D eigenvalue weighted by Gasteiger charge is -2.24. The van der Waals surface area contributed by atoms with Crippen molar-refractivity contribution < 1.29 is 15.3 Å². The summed E-state index contributed by atoms with van der Waals surface area (Å²) in [7, 11) is 0. The predicted molar refractivity (Wildman–Crippen MR) is 36.3 cm³/mol. The maximum Gasteiger partial charge on any atom is 0.0772 e. The molecule has 3 N–H and O–H groups in total. The van der Waals surface area contributed by atoms with Crippen LogP contribution in [0.2, 0.25) is 0 Å². The van der Waals surface area contributed by atoms with Gasteiger partial charge in [0.1, 0.15) is 0 Å². The maximum absolute atomic E-state index is 9.13. The molecule has 3 heteroatoms. The molecule has 0 saturated carbocycles. The number of aliphatic hydroxyl groups excluding tert-OH is 3. The summed E-state index contributed by atoms with van der Waals surface area (Å²) in [6.45, 7) is -0.0669. The van der Waals surface area contributed by atoms with Crippen molar-refractivity contribution in [3.8, 4) is 0 Å². The molecule has 0 amide bonds. The zero-order valence-electron chi connectivity index (χ0n) is 5.64. The second kappa shape index (κ2) is 3.14. The van der Waals surface area contributed by atoms with Crippen molar-refractivity contribution in [2.75, 3.05) is 6.61 Å². The van der Waals surface area contributed by atoms with E-state index in [4.69, 9.17) is 15.3 Å². The van der Waals surface area contributed by atoms with E-state index in [2.05, 4.69) is 0 Å². The molecule has 0 aromatic rings. The van der Waals surface area contributed by atoms with Gasteiger partial charge in [-0.15, -0.1) is 0 Å². The lowest BCUT2D eigenvalue weighted by Crippen LogP contribution is -2.29. The van der Waals surface area contributed by atoms with Crippen LogP contribution in [0.1, 0.15) is 6.42 Å². The average Bonchev–Trinajstić information content (AvgIpc) is 1.94. The molecule has 0 unspecified atom stereocenters. The molecule has 0 heterocycles. The molecule has 0 fully saturated rings. The quantitative estimate of drug-likeness (QED) is 0.425. The normalized spacial score (nSPS) is 40.1. The van der Waals surface area contributed by atoms with Gasteiger partial charge in [0.15, 0.2) is 0 Å². The molecule has 10 heavy (non-hydrogen) atoms. The molecule has 3 nitrogen and oxygen atoms in total. The lowest BCUT2D eigenvalue weighted by atomic mass is 9.91. The third kappa shape index (κ3) is 1.56. The molecule has 0 bridgehead atoms. The van der Waals surface area contributed by atoms with Gasteiger partial charge in [-0.05, 0) is 6.42 Å². The maximum atomic E-state index is 9.13. The first-order valence-corrected chi connectivity index (χ1v) is 3.39. The lowest BCUT2D eigenvalue weighted by molar-refractivity contribution is 0.0549. The van der Waals surface area contributed by atoms with Gasteiger partial charge in [-0.3, -0.25) is 0 Å². The minimum Gasteiger partial charge on any atom is -0.396 e. The molecule has 1 aliphatic carbocycles. The van der Waals surface area contributed by atoms with Crippen LogP contribution in [0.15, 0.2) is 12.2 Å². The summed E-state index contributed by atoms with van der Waals surface area (Å²) >= 11 is 0. The van der Waals surface area contributed by atoms with Crippen molar-refractivity contribution in [2.24, 2.45) is 5.92 Å². The van der Waals surface area contributed by atoms with Crippen LogP contribution in [0.3, 0.4) is 0 Å². The summed E-state index contributed by atoms with van der Waals surface area (Å²) in [5, 5.41) is 26.8. The van der Waals surface area contributed by atoms with Crippen LogP contribution < -0.4 is 0 Å². The molecule has 1 aliphatic rings. The van der Waals surface area contributed by atoms with Gasteiger partial charge in [-0.2, -0.15) is 0 Å². The standard InChI is InChI=1S/C7H12O3/c8-4-5-3-6(9)1-2-7(5)10/h1-2,5-10H,3-4H2/t5-,6-,7+/m1/s1. The Morgan fingerprint density at radius 3 is 2.50 bits per heavy atom. The van der Waals surface area contributed by atoms with Gasteiger partial charge in [0.25, 0.3) is 0 Å². The summed E-state index contributed by atoms with van der Waals surface area (Å²) in [6.07, 6.45) is 2.44. The van der Waals surface area contributed by atoms with Gasteiger partial charge in [0.2, 0.25) is 0 Å². The van der Waals surface area contributed by atoms with Gasteiger partial charge in [0.05, 0.1) is 12.2 Å². The zero-order chi connectivity index (χ0) is 7.56. The molecular formula is C7H12O3. The topological polar surface area (TPSA) is 60.7 Å². The van der Waals surface area contributed by atoms with E-state index in [-0.39, 0.29) is 12.5 Å². The molecule has 58 valence electrons. The van der Waals surface area contributed by atoms with Crippen LogP contribution in [0.25, 0.3) is 0 Å². The number of hydrogen-bond acceptors (Lipinski definition) is 3. The molecule has 0 radical (unpaired) electrons. The number of hydrogen-bond donors (Lipinski definition) is 3. The largest absolute Gasteiger partial charge is 0.396 e. The summed E-state index contributed by atoms with van der Waals surface area (Å²) in [5.41, 5.74) is 0. The molecule has 3 atom stereocenters. The van der Waals surface area contributed by atoms with Crippen molar-refractivity contribution >= 4 is 0 Å². The Morgan fingerprint density at radius 1 is 1.30 bits per heavy atom. The first-order chi connectivity index (χ1) is 4.74. The Hall–Kier alpha value is -0.380. The summed E-state index contributed by atoms with van der Waals surface area (Å²) in [4.78, 5) is 0. The molecule has 1 rings (SSSR count). The Bertz CT molecular complexity index is 133. The zero-order valence-corrected chi connectivity index (χ0v) is 5.64. The second-order valence-corrected chi connectivity index (χ2v) is 2.62. The van der Waals surface area contributed by atoms with Gasteiger partial charge in [0, 0.05) is 12.5 Å². The first-order valence-electron chi connectivity index (χ1n) is 3.39. The predicted octanol–water partition coefficient (Wildman–Crippen LogP) is -0.723. The fourth-order valence-electron chi connectivity index (χ4n) is 1.11. The van der Waals surface area contributed by atoms with Gasteiger partial charge < -0.3 is 15.3 Å². The summed E-state index contributed by atoms with van der Waals surface area (Å²) in [5.74, 6) is -0.194. The third-order valence-electron chi connectivity index (χ3n) is 1.79. The van der Waals surface area contributed by atoms with E-state index in [1.165, 1.54) is 6.08 Å². The van der Waals surface area contributed by atoms with E-state index >= 15 is 0 Å². The van der Waals surface area contributed by atoms with Crippen molar-refractivity contribution in [1.82, 2.24) is 0 Å². The van der Waals surface area contributed by atoms with E-state index in [0.29, 0.717) is 6.42 Å². The van der Waals surface area contributed by atoms with E-state index in [0.717, 1.165) is 0 Å². The number of rotatable bonds is 1. The molecule has 0 spiro atoms. The smallest absolute Gasteiger partial charge is 0.0772 e. The van der Waals surface area contributed by atoms with E-state index in [1.54, 1.807) is 6.08 Å².